The number of rotatable bonds is 10. The molecule has 200 valence electrons. The van der Waals surface area contributed by atoms with Crippen LogP contribution in [0.1, 0.15) is 57.0 Å². The van der Waals surface area contributed by atoms with E-state index in [0.29, 0.717) is 48.4 Å². The molecule has 0 unspecified atom stereocenters. The fourth-order valence-corrected chi connectivity index (χ4v) is 5.63. The third-order valence-electron chi connectivity index (χ3n) is 7.56. The molecule has 1 aliphatic heterocycles. The summed E-state index contributed by atoms with van der Waals surface area (Å²) >= 11 is 0. The Balaban J connectivity index is 1.81. The summed E-state index contributed by atoms with van der Waals surface area (Å²) in [7, 11) is 0. The lowest BCUT2D eigenvalue weighted by Gasteiger charge is -2.43. The van der Waals surface area contributed by atoms with Crippen molar-refractivity contribution in [2.45, 2.75) is 32.1 Å². The highest BCUT2D eigenvalue weighted by Crippen LogP contribution is 2.42. The molecule has 4 rings (SSSR count). The Morgan fingerprint density at radius 1 is 0.868 bits per heavy atom. The lowest BCUT2D eigenvalue weighted by molar-refractivity contribution is 0.0567. The number of carbonyl (C=O) groups is 2. The highest BCUT2D eigenvalue weighted by molar-refractivity contribution is 6.02. The number of hydrogen-bond donors (Lipinski definition) is 3. The monoisotopic (exact) mass is 518 g/mol. The first-order chi connectivity index (χ1) is 18.3. The predicted octanol–water partition coefficient (Wildman–Crippen LogP) is 5.07. The fraction of sp³-hybridized carbons (Fsp3) is 0.355. The van der Waals surface area contributed by atoms with Crippen LogP contribution in [0.4, 0.5) is 4.39 Å². The SMILES string of the molecule is Cc1c(F)cccc1C1[C@@H](C(=O)c2cccc(O)c2)CN(CCCCCN)C[C@@H]1C(=O)c1cccc(O)c1. The Hall–Kier alpha value is -3.55. The summed E-state index contributed by atoms with van der Waals surface area (Å²) in [6.07, 6.45) is 2.72. The number of phenols is 2. The summed E-state index contributed by atoms with van der Waals surface area (Å²) in [6, 6.07) is 17.2. The minimum atomic E-state index is -0.646. The van der Waals surface area contributed by atoms with Crippen molar-refractivity contribution in [2.75, 3.05) is 26.2 Å². The fourth-order valence-electron chi connectivity index (χ4n) is 5.63. The number of halogens is 1. The van der Waals surface area contributed by atoms with Crippen LogP contribution >= 0.6 is 0 Å². The molecule has 38 heavy (non-hydrogen) atoms. The third-order valence-corrected chi connectivity index (χ3v) is 7.56. The Kier molecular flexibility index (Phi) is 8.92. The van der Waals surface area contributed by atoms with Gasteiger partial charge in [0.1, 0.15) is 17.3 Å². The van der Waals surface area contributed by atoms with Crippen LogP contribution < -0.4 is 5.73 Å². The van der Waals surface area contributed by atoms with E-state index >= 15 is 0 Å². The predicted molar refractivity (Wildman–Crippen MR) is 145 cm³/mol. The maximum Gasteiger partial charge on any atom is 0.167 e. The number of Topliss-reactive ketones (excluding diaryl/α,β-unsaturated/α-hetero) is 2. The number of carbonyl (C=O) groups excluding carboxylic acids is 2. The molecule has 4 N–H and O–H groups in total. The minimum Gasteiger partial charge on any atom is -0.508 e. The normalized spacial score (nSPS) is 18.4. The van der Waals surface area contributed by atoms with Gasteiger partial charge in [-0.2, -0.15) is 0 Å². The molecule has 3 aromatic rings. The van der Waals surface area contributed by atoms with Gasteiger partial charge in [0.25, 0.3) is 0 Å². The lowest BCUT2D eigenvalue weighted by Crippen LogP contribution is -2.50. The smallest absolute Gasteiger partial charge is 0.167 e. The molecule has 2 atom stereocenters. The Bertz CT molecular complexity index is 1230. The first-order valence-electron chi connectivity index (χ1n) is 13.1. The number of benzene rings is 3. The van der Waals surface area contributed by atoms with Crippen LogP contribution in [0.2, 0.25) is 0 Å². The van der Waals surface area contributed by atoms with Crippen molar-refractivity contribution in [3.05, 3.63) is 94.8 Å². The standard InChI is InChI=1S/C31H35FN2O4/c1-20-25(12-7-13-28(20)32)29-26(30(37)21-8-5-10-23(35)16-21)18-34(15-4-2-3-14-33)19-27(29)31(38)22-9-6-11-24(36)17-22/h5-13,16-17,26-27,29,35-36H,2-4,14-15,18-19,33H2,1H3/t26-,27-/m0/s1. The van der Waals surface area contributed by atoms with E-state index < -0.39 is 17.8 Å². The Morgan fingerprint density at radius 3 is 1.95 bits per heavy atom. The van der Waals surface area contributed by atoms with Crippen molar-refractivity contribution < 1.29 is 24.2 Å². The second-order valence-corrected chi connectivity index (χ2v) is 10.1. The zero-order chi connectivity index (χ0) is 27.2. The van der Waals surface area contributed by atoms with Gasteiger partial charge in [-0.25, -0.2) is 4.39 Å². The van der Waals surface area contributed by atoms with E-state index in [1.807, 2.05) is 0 Å². The lowest BCUT2D eigenvalue weighted by atomic mass is 9.67. The average molecular weight is 519 g/mol. The van der Waals surface area contributed by atoms with E-state index in [1.54, 1.807) is 43.3 Å². The summed E-state index contributed by atoms with van der Waals surface area (Å²) in [5, 5.41) is 20.1. The van der Waals surface area contributed by atoms with Crippen LogP contribution in [0.15, 0.2) is 66.7 Å². The van der Waals surface area contributed by atoms with Gasteiger partial charge in [-0.3, -0.25) is 9.59 Å². The molecule has 0 amide bonds. The maximum absolute atomic E-state index is 14.8. The largest absolute Gasteiger partial charge is 0.508 e. The molecule has 0 spiro atoms. The molecule has 0 aromatic heterocycles. The van der Waals surface area contributed by atoms with Crippen LogP contribution in [0.5, 0.6) is 11.5 Å². The summed E-state index contributed by atoms with van der Waals surface area (Å²) in [5.41, 5.74) is 7.40. The number of aromatic hydroxyl groups is 2. The topological polar surface area (TPSA) is 104 Å². The van der Waals surface area contributed by atoms with Gasteiger partial charge in [0, 0.05) is 42.0 Å². The van der Waals surface area contributed by atoms with Crippen LogP contribution in [-0.2, 0) is 0 Å². The van der Waals surface area contributed by atoms with Crippen molar-refractivity contribution in [2.24, 2.45) is 17.6 Å². The van der Waals surface area contributed by atoms with Gasteiger partial charge in [-0.05, 0) is 74.3 Å². The average Bonchev–Trinajstić information content (AvgIpc) is 2.91. The van der Waals surface area contributed by atoms with Crippen LogP contribution in [0, 0.1) is 24.6 Å². The van der Waals surface area contributed by atoms with Crippen molar-refractivity contribution >= 4 is 11.6 Å². The summed E-state index contributed by atoms with van der Waals surface area (Å²) in [4.78, 5) is 30.2. The van der Waals surface area contributed by atoms with Crippen molar-refractivity contribution in [1.29, 1.82) is 0 Å². The molecule has 0 bridgehead atoms. The third kappa shape index (κ3) is 6.11. The molecule has 1 fully saturated rings. The van der Waals surface area contributed by atoms with Gasteiger partial charge < -0.3 is 20.8 Å². The molecule has 0 aliphatic carbocycles. The van der Waals surface area contributed by atoms with E-state index in [2.05, 4.69) is 4.90 Å². The maximum atomic E-state index is 14.8. The molecule has 0 saturated carbocycles. The highest BCUT2D eigenvalue weighted by atomic mass is 19.1. The number of hydrogen-bond acceptors (Lipinski definition) is 6. The zero-order valence-corrected chi connectivity index (χ0v) is 21.6. The van der Waals surface area contributed by atoms with Crippen LogP contribution in [-0.4, -0.2) is 52.9 Å². The molecule has 1 heterocycles. The van der Waals surface area contributed by atoms with E-state index in [1.165, 1.54) is 30.3 Å². The van der Waals surface area contributed by atoms with Crippen LogP contribution in [0.25, 0.3) is 0 Å². The number of phenolic OH excluding ortho intramolecular Hbond substituents is 2. The van der Waals surface area contributed by atoms with E-state index in [4.69, 9.17) is 5.73 Å². The number of piperidine rings is 1. The number of likely N-dealkylation sites (tertiary alicyclic amines) is 1. The second-order valence-electron chi connectivity index (χ2n) is 10.1. The molecule has 0 radical (unpaired) electrons. The molecule has 6 nitrogen and oxygen atoms in total. The molecule has 1 aliphatic rings. The number of nitrogens with two attached hydrogens (primary N) is 1. The van der Waals surface area contributed by atoms with Crippen LogP contribution in [0.3, 0.4) is 0 Å². The quantitative estimate of drug-likeness (QED) is 0.256. The van der Waals surface area contributed by atoms with Gasteiger partial charge in [0.05, 0.1) is 0 Å². The van der Waals surface area contributed by atoms with Gasteiger partial charge in [-0.1, -0.05) is 42.8 Å². The summed E-state index contributed by atoms with van der Waals surface area (Å²) < 4.78 is 14.8. The van der Waals surface area contributed by atoms with Gasteiger partial charge in [0.2, 0.25) is 0 Å². The van der Waals surface area contributed by atoms with Crippen molar-refractivity contribution in [1.82, 2.24) is 4.90 Å². The first kappa shape index (κ1) is 27.5. The Labute approximate surface area is 222 Å². The first-order valence-corrected chi connectivity index (χ1v) is 13.1. The number of unbranched alkanes of at least 4 members (excludes halogenated alkanes) is 2. The van der Waals surface area contributed by atoms with E-state index in [9.17, 15) is 24.2 Å². The molecular formula is C31H35FN2O4. The minimum absolute atomic E-state index is 0.0174. The molecule has 7 heteroatoms. The van der Waals surface area contributed by atoms with E-state index in [0.717, 1.165) is 19.3 Å². The Morgan fingerprint density at radius 2 is 1.42 bits per heavy atom. The number of ketones is 2. The van der Waals surface area contributed by atoms with E-state index in [-0.39, 0.29) is 28.9 Å². The highest BCUT2D eigenvalue weighted by Gasteiger charge is 2.45. The van der Waals surface area contributed by atoms with Crippen molar-refractivity contribution in [3.8, 4) is 11.5 Å². The van der Waals surface area contributed by atoms with Gasteiger partial charge in [0.15, 0.2) is 11.6 Å². The van der Waals surface area contributed by atoms with Gasteiger partial charge in [-0.15, -0.1) is 0 Å². The second kappa shape index (κ2) is 12.3. The van der Waals surface area contributed by atoms with Gasteiger partial charge >= 0.3 is 0 Å². The molecule has 1 saturated heterocycles. The zero-order valence-electron chi connectivity index (χ0n) is 21.6. The molecular weight excluding hydrogens is 483 g/mol. The molecule has 3 aromatic carbocycles. The number of nitrogens with zero attached hydrogens (tertiary/aromatic N) is 1. The van der Waals surface area contributed by atoms with Crippen molar-refractivity contribution in [3.63, 3.8) is 0 Å². The summed E-state index contributed by atoms with van der Waals surface area (Å²) in [6.45, 7) is 3.79. The summed E-state index contributed by atoms with van der Waals surface area (Å²) in [5.74, 6) is -2.70.